The number of benzene rings is 2. The summed E-state index contributed by atoms with van der Waals surface area (Å²) in [5, 5.41) is 4.07. The summed E-state index contributed by atoms with van der Waals surface area (Å²) in [5.41, 5.74) is 1.33. The number of hydrogen-bond donors (Lipinski definition) is 0. The van der Waals surface area contributed by atoms with Crippen LogP contribution in [-0.4, -0.2) is 29.2 Å². The van der Waals surface area contributed by atoms with Crippen molar-refractivity contribution in [1.82, 2.24) is 4.90 Å². The van der Waals surface area contributed by atoms with Gasteiger partial charge in [0.15, 0.2) is 6.10 Å². The van der Waals surface area contributed by atoms with Crippen LogP contribution in [0.5, 0.6) is 0 Å². The van der Waals surface area contributed by atoms with Crippen molar-refractivity contribution in [2.45, 2.75) is 38.1 Å². The quantitative estimate of drug-likeness (QED) is 0.632. The molecule has 1 heterocycles. The Balaban J connectivity index is 1.42. The van der Waals surface area contributed by atoms with Gasteiger partial charge in [0.2, 0.25) is 5.91 Å². The zero-order chi connectivity index (χ0) is 21.3. The fraction of sp³-hybridized carbons (Fsp3) is 0.364. The predicted octanol–water partition coefficient (Wildman–Crippen LogP) is 4.78. The van der Waals surface area contributed by atoms with Gasteiger partial charge in [-0.25, -0.2) is 4.39 Å². The van der Waals surface area contributed by atoms with E-state index in [0.717, 1.165) is 30.5 Å². The Bertz CT molecular complexity index is 935. The largest absolute Gasteiger partial charge is 0.416 e. The minimum atomic E-state index is -4.40. The molecule has 30 heavy (non-hydrogen) atoms. The molecule has 0 aromatic heterocycles. The first-order valence-corrected chi connectivity index (χ1v) is 9.73. The van der Waals surface area contributed by atoms with Crippen LogP contribution in [0.4, 0.5) is 17.6 Å². The molecular weight excluding hydrogens is 400 g/mol. The van der Waals surface area contributed by atoms with Crippen LogP contribution in [0, 0.1) is 11.7 Å². The monoisotopic (exact) mass is 420 g/mol. The van der Waals surface area contributed by atoms with E-state index in [4.69, 9.17) is 4.84 Å². The molecule has 1 saturated carbocycles. The molecule has 2 aromatic rings. The summed E-state index contributed by atoms with van der Waals surface area (Å²) in [5.74, 6) is -0.389. The van der Waals surface area contributed by atoms with Crippen molar-refractivity contribution in [3.63, 3.8) is 0 Å². The van der Waals surface area contributed by atoms with Gasteiger partial charge in [0.05, 0.1) is 17.8 Å². The lowest BCUT2D eigenvalue weighted by Gasteiger charge is -2.25. The summed E-state index contributed by atoms with van der Waals surface area (Å²) in [7, 11) is 0. The molecule has 2 aromatic carbocycles. The van der Waals surface area contributed by atoms with E-state index in [1.807, 2.05) is 0 Å². The number of nitrogens with zero attached hydrogens (tertiary/aromatic N) is 2. The molecule has 0 saturated heterocycles. The van der Waals surface area contributed by atoms with E-state index in [9.17, 15) is 22.4 Å². The fourth-order valence-electron chi connectivity index (χ4n) is 3.43. The molecule has 0 spiro atoms. The lowest BCUT2D eigenvalue weighted by molar-refractivity contribution is -0.138. The van der Waals surface area contributed by atoms with Crippen molar-refractivity contribution in [3.8, 4) is 0 Å². The smallest absolute Gasteiger partial charge is 0.390 e. The number of hydrogen-bond acceptors (Lipinski definition) is 3. The molecule has 4 nitrogen and oxygen atoms in total. The van der Waals surface area contributed by atoms with Crippen LogP contribution >= 0.6 is 0 Å². The molecular formula is C22H20F4N2O2. The molecule has 1 atom stereocenters. The predicted molar refractivity (Wildman–Crippen MR) is 102 cm³/mol. The second-order valence-corrected chi connectivity index (χ2v) is 7.66. The van der Waals surface area contributed by atoms with Gasteiger partial charge < -0.3 is 9.74 Å². The lowest BCUT2D eigenvalue weighted by atomic mass is 10.0. The standard InChI is InChI=1S/C22H20F4N2O2/c23-18-9-5-15(6-10-18)20-11-19(30-27-20)13-28(21(29)16-3-4-16)12-14-1-7-17(8-2-14)22(24,25)26/h1-2,5-10,16,19H,3-4,11-13H2. The van der Waals surface area contributed by atoms with Crippen LogP contribution in [0.15, 0.2) is 53.7 Å². The average Bonchev–Trinajstić information content (AvgIpc) is 3.46. The summed E-state index contributed by atoms with van der Waals surface area (Å²) in [6, 6.07) is 10.8. The Morgan fingerprint density at radius 2 is 1.73 bits per heavy atom. The Morgan fingerprint density at radius 3 is 2.33 bits per heavy atom. The topological polar surface area (TPSA) is 41.9 Å². The van der Waals surface area contributed by atoms with Gasteiger partial charge in [0.25, 0.3) is 0 Å². The van der Waals surface area contributed by atoms with Gasteiger partial charge in [-0.1, -0.05) is 29.4 Å². The van der Waals surface area contributed by atoms with Crippen molar-refractivity contribution in [3.05, 3.63) is 71.0 Å². The summed E-state index contributed by atoms with van der Waals surface area (Å²) < 4.78 is 51.4. The van der Waals surface area contributed by atoms with Crippen LogP contribution in [0.2, 0.25) is 0 Å². The molecule has 1 aliphatic carbocycles. The van der Waals surface area contributed by atoms with Crippen molar-refractivity contribution < 1.29 is 27.2 Å². The third kappa shape index (κ3) is 4.80. The fourth-order valence-corrected chi connectivity index (χ4v) is 3.43. The van der Waals surface area contributed by atoms with Gasteiger partial charge in [-0.05, 0) is 48.2 Å². The highest BCUT2D eigenvalue weighted by atomic mass is 19.4. The highest BCUT2D eigenvalue weighted by Crippen LogP contribution is 2.33. The molecule has 0 bridgehead atoms. The maximum atomic E-state index is 13.1. The van der Waals surface area contributed by atoms with E-state index in [2.05, 4.69) is 5.16 Å². The molecule has 158 valence electrons. The molecule has 1 amide bonds. The highest BCUT2D eigenvalue weighted by molar-refractivity contribution is 6.01. The average molecular weight is 420 g/mol. The van der Waals surface area contributed by atoms with Crippen LogP contribution in [0.25, 0.3) is 0 Å². The minimum Gasteiger partial charge on any atom is -0.390 e. The zero-order valence-corrected chi connectivity index (χ0v) is 16.0. The summed E-state index contributed by atoms with van der Waals surface area (Å²) in [6.45, 7) is 0.490. The lowest BCUT2D eigenvalue weighted by Crippen LogP contribution is -2.38. The Morgan fingerprint density at radius 1 is 1.07 bits per heavy atom. The van der Waals surface area contributed by atoms with Gasteiger partial charge >= 0.3 is 6.18 Å². The molecule has 2 aliphatic rings. The number of rotatable bonds is 6. The van der Waals surface area contributed by atoms with Gasteiger partial charge in [-0.3, -0.25) is 4.79 Å². The highest BCUT2D eigenvalue weighted by Gasteiger charge is 2.36. The van der Waals surface area contributed by atoms with Gasteiger partial charge in [0, 0.05) is 18.9 Å². The third-order valence-corrected chi connectivity index (χ3v) is 5.23. The number of alkyl halides is 3. The summed E-state index contributed by atoms with van der Waals surface area (Å²) >= 11 is 0. The summed E-state index contributed by atoms with van der Waals surface area (Å²) in [6.07, 6.45) is -2.64. The van der Waals surface area contributed by atoms with Crippen molar-refractivity contribution in [2.75, 3.05) is 6.54 Å². The minimum absolute atomic E-state index is 0.0197. The van der Waals surface area contributed by atoms with Crippen LogP contribution < -0.4 is 0 Å². The van der Waals surface area contributed by atoms with E-state index in [1.165, 1.54) is 24.3 Å². The number of carbonyl (C=O) groups is 1. The molecule has 4 rings (SSSR count). The zero-order valence-electron chi connectivity index (χ0n) is 16.0. The SMILES string of the molecule is O=C(C1CC1)N(Cc1ccc(C(F)(F)F)cc1)CC1CC(c2ccc(F)cc2)=NO1. The Hall–Kier alpha value is -2.90. The van der Waals surface area contributed by atoms with Gasteiger partial charge in [-0.15, -0.1) is 0 Å². The van der Waals surface area contributed by atoms with Crippen LogP contribution in [-0.2, 0) is 22.4 Å². The molecule has 0 radical (unpaired) electrons. The Labute approximate surface area is 171 Å². The molecule has 0 N–H and O–H groups in total. The second-order valence-electron chi connectivity index (χ2n) is 7.66. The van der Waals surface area contributed by atoms with Crippen molar-refractivity contribution in [2.24, 2.45) is 11.1 Å². The van der Waals surface area contributed by atoms with Crippen molar-refractivity contribution in [1.29, 1.82) is 0 Å². The first-order valence-electron chi connectivity index (χ1n) is 9.73. The van der Waals surface area contributed by atoms with Crippen LogP contribution in [0.1, 0.15) is 36.0 Å². The van der Waals surface area contributed by atoms with Crippen LogP contribution in [0.3, 0.4) is 0 Å². The first-order chi connectivity index (χ1) is 14.3. The number of halogens is 4. The maximum absolute atomic E-state index is 13.1. The normalized spacial score (nSPS) is 18.7. The van der Waals surface area contributed by atoms with Crippen molar-refractivity contribution >= 4 is 11.6 Å². The maximum Gasteiger partial charge on any atom is 0.416 e. The van der Waals surface area contributed by atoms with E-state index in [-0.39, 0.29) is 36.8 Å². The molecule has 1 aliphatic heterocycles. The molecule has 1 fully saturated rings. The van der Waals surface area contributed by atoms with Gasteiger partial charge in [0.1, 0.15) is 5.82 Å². The van der Waals surface area contributed by atoms with E-state index in [1.54, 1.807) is 17.0 Å². The molecule has 8 heteroatoms. The second kappa shape index (κ2) is 8.08. The Kier molecular flexibility index (Phi) is 5.49. The number of oxime groups is 1. The van der Waals surface area contributed by atoms with E-state index < -0.39 is 11.7 Å². The first kappa shape index (κ1) is 20.4. The molecule has 1 unspecified atom stereocenters. The van der Waals surface area contributed by atoms with E-state index >= 15 is 0 Å². The number of amides is 1. The third-order valence-electron chi connectivity index (χ3n) is 5.23. The van der Waals surface area contributed by atoms with E-state index in [0.29, 0.717) is 17.7 Å². The summed E-state index contributed by atoms with van der Waals surface area (Å²) in [4.78, 5) is 19.8. The number of carbonyl (C=O) groups excluding carboxylic acids is 1. The van der Waals surface area contributed by atoms with Gasteiger partial charge in [-0.2, -0.15) is 13.2 Å².